The van der Waals surface area contributed by atoms with Crippen molar-refractivity contribution in [3.63, 3.8) is 0 Å². The molecule has 0 saturated heterocycles. The number of hydrogen-bond acceptors (Lipinski definition) is 4. The van der Waals surface area contributed by atoms with E-state index in [9.17, 15) is 4.39 Å². The predicted molar refractivity (Wildman–Crippen MR) is 127 cm³/mol. The molecule has 0 bridgehead atoms. The summed E-state index contributed by atoms with van der Waals surface area (Å²) in [7, 11) is 1.65. The van der Waals surface area contributed by atoms with Gasteiger partial charge in [-0.3, -0.25) is 0 Å². The van der Waals surface area contributed by atoms with Crippen LogP contribution >= 0.6 is 24.0 Å². The van der Waals surface area contributed by atoms with Crippen molar-refractivity contribution in [2.24, 2.45) is 4.99 Å². The Balaban J connectivity index is 0.00000320. The van der Waals surface area contributed by atoms with Gasteiger partial charge in [-0.05, 0) is 48.9 Å². The Bertz CT molecular complexity index is 927. The molecule has 2 N–H and O–H groups in total. The first kappa shape index (κ1) is 23.7. The Morgan fingerprint density at radius 2 is 1.83 bits per heavy atom. The van der Waals surface area contributed by atoms with Gasteiger partial charge >= 0.3 is 0 Å². The van der Waals surface area contributed by atoms with Crippen molar-refractivity contribution in [1.29, 1.82) is 0 Å². The molecule has 2 aromatic carbocycles. The number of aromatic nitrogens is 1. The van der Waals surface area contributed by atoms with Crippen LogP contribution in [0, 0.1) is 5.82 Å². The minimum atomic E-state index is -0.283. The van der Waals surface area contributed by atoms with Crippen molar-refractivity contribution < 1.29 is 13.5 Å². The zero-order chi connectivity index (χ0) is 20.5. The van der Waals surface area contributed by atoms with Crippen molar-refractivity contribution in [2.45, 2.75) is 19.9 Å². The second-order valence-corrected chi connectivity index (χ2v) is 6.37. The van der Waals surface area contributed by atoms with Crippen LogP contribution in [-0.4, -0.2) is 31.1 Å². The molecule has 0 atom stereocenters. The number of nitrogens with zero attached hydrogens (tertiary/aromatic N) is 2. The molecule has 0 aliphatic rings. The van der Waals surface area contributed by atoms with E-state index in [2.05, 4.69) is 20.6 Å². The van der Waals surface area contributed by atoms with E-state index in [1.54, 1.807) is 25.5 Å². The van der Waals surface area contributed by atoms with Gasteiger partial charge < -0.3 is 19.8 Å². The Labute approximate surface area is 193 Å². The summed E-state index contributed by atoms with van der Waals surface area (Å²) in [6, 6.07) is 13.9. The summed E-state index contributed by atoms with van der Waals surface area (Å²) < 4.78 is 23.7. The van der Waals surface area contributed by atoms with E-state index >= 15 is 0 Å². The van der Waals surface area contributed by atoms with Crippen molar-refractivity contribution in [2.75, 3.05) is 20.2 Å². The lowest BCUT2D eigenvalue weighted by molar-refractivity contribution is 0.414. The van der Waals surface area contributed by atoms with Gasteiger partial charge in [-0.1, -0.05) is 12.1 Å². The summed E-state index contributed by atoms with van der Waals surface area (Å²) in [6.45, 7) is 4.02. The molecule has 0 aliphatic heterocycles. The van der Waals surface area contributed by atoms with Crippen LogP contribution in [0.5, 0.6) is 5.75 Å². The highest BCUT2D eigenvalue weighted by molar-refractivity contribution is 14.0. The van der Waals surface area contributed by atoms with Gasteiger partial charge in [0.25, 0.3) is 0 Å². The van der Waals surface area contributed by atoms with E-state index in [1.807, 2.05) is 31.2 Å². The quantitative estimate of drug-likeness (QED) is 0.260. The van der Waals surface area contributed by atoms with Crippen molar-refractivity contribution in [3.05, 3.63) is 71.9 Å². The largest absolute Gasteiger partial charge is 0.497 e. The third-order valence-electron chi connectivity index (χ3n) is 4.24. The van der Waals surface area contributed by atoms with Crippen LogP contribution in [0.3, 0.4) is 0 Å². The molecular formula is C22H26FIN4O2. The third kappa shape index (κ3) is 7.01. The second-order valence-electron chi connectivity index (χ2n) is 6.37. The van der Waals surface area contributed by atoms with Gasteiger partial charge in [0.2, 0.25) is 5.89 Å². The van der Waals surface area contributed by atoms with Crippen molar-refractivity contribution >= 4 is 29.9 Å². The normalized spacial score (nSPS) is 11.0. The van der Waals surface area contributed by atoms with Crippen molar-refractivity contribution in [1.82, 2.24) is 15.6 Å². The van der Waals surface area contributed by atoms with Crippen LogP contribution in [-0.2, 0) is 13.0 Å². The van der Waals surface area contributed by atoms with Gasteiger partial charge in [0, 0.05) is 25.1 Å². The summed E-state index contributed by atoms with van der Waals surface area (Å²) in [5.74, 6) is 1.77. The molecule has 0 saturated carbocycles. The van der Waals surface area contributed by atoms with E-state index in [4.69, 9.17) is 9.15 Å². The maximum Gasteiger partial charge on any atom is 0.226 e. The van der Waals surface area contributed by atoms with Crippen LogP contribution in [0.1, 0.15) is 18.2 Å². The first-order valence-electron chi connectivity index (χ1n) is 9.53. The fourth-order valence-electron chi connectivity index (χ4n) is 2.70. The van der Waals surface area contributed by atoms with Gasteiger partial charge in [0.1, 0.15) is 17.8 Å². The first-order valence-corrected chi connectivity index (χ1v) is 9.53. The van der Waals surface area contributed by atoms with Crippen LogP contribution in [0.15, 0.2) is 64.2 Å². The predicted octanol–water partition coefficient (Wildman–Crippen LogP) is 4.41. The molecule has 0 radical (unpaired) electrons. The highest BCUT2D eigenvalue weighted by atomic mass is 127. The number of hydrogen-bond donors (Lipinski definition) is 2. The zero-order valence-corrected chi connectivity index (χ0v) is 19.4. The molecule has 0 aliphatic carbocycles. The summed E-state index contributed by atoms with van der Waals surface area (Å²) in [4.78, 5) is 9.07. The maximum absolute atomic E-state index is 13.0. The molecular weight excluding hydrogens is 498 g/mol. The smallest absolute Gasteiger partial charge is 0.226 e. The van der Waals surface area contributed by atoms with E-state index in [0.717, 1.165) is 35.1 Å². The number of oxazole rings is 1. The topological polar surface area (TPSA) is 71.7 Å². The summed E-state index contributed by atoms with van der Waals surface area (Å²) in [6.07, 6.45) is 2.30. The Morgan fingerprint density at radius 3 is 2.50 bits per heavy atom. The molecule has 3 aromatic rings. The lowest BCUT2D eigenvalue weighted by Gasteiger charge is -2.10. The van der Waals surface area contributed by atoms with E-state index in [1.165, 1.54) is 12.1 Å². The maximum atomic E-state index is 13.0. The molecule has 6 nitrogen and oxygen atoms in total. The molecule has 160 valence electrons. The number of nitrogens with one attached hydrogen (secondary N) is 2. The monoisotopic (exact) mass is 524 g/mol. The highest BCUT2D eigenvalue weighted by Gasteiger charge is 2.07. The third-order valence-corrected chi connectivity index (χ3v) is 4.24. The van der Waals surface area contributed by atoms with Gasteiger partial charge in [-0.25, -0.2) is 14.4 Å². The summed E-state index contributed by atoms with van der Waals surface area (Å²) >= 11 is 0. The Kier molecular flexibility index (Phi) is 9.59. The fourth-order valence-corrected chi connectivity index (χ4v) is 2.70. The molecule has 0 fully saturated rings. The summed E-state index contributed by atoms with van der Waals surface area (Å²) in [5.41, 5.74) is 2.67. The zero-order valence-electron chi connectivity index (χ0n) is 17.0. The molecule has 0 spiro atoms. The van der Waals surface area contributed by atoms with Gasteiger partial charge in [0.15, 0.2) is 5.96 Å². The van der Waals surface area contributed by atoms with E-state index in [0.29, 0.717) is 25.4 Å². The lowest BCUT2D eigenvalue weighted by atomic mass is 10.2. The van der Waals surface area contributed by atoms with Crippen LogP contribution < -0.4 is 15.4 Å². The average molecular weight is 524 g/mol. The number of aliphatic imine (C=N–C) groups is 1. The fraction of sp³-hybridized carbons (Fsp3) is 0.273. The van der Waals surface area contributed by atoms with Crippen molar-refractivity contribution in [3.8, 4) is 17.2 Å². The molecule has 1 aromatic heterocycles. The van der Waals surface area contributed by atoms with Crippen LogP contribution in [0.25, 0.3) is 11.5 Å². The molecule has 0 amide bonds. The van der Waals surface area contributed by atoms with Gasteiger partial charge in [-0.15, -0.1) is 24.0 Å². The van der Waals surface area contributed by atoms with Gasteiger partial charge in [0.05, 0.1) is 19.3 Å². The minimum Gasteiger partial charge on any atom is -0.497 e. The first-order chi connectivity index (χ1) is 14.2. The number of halogens is 2. The number of methoxy groups -OCH3 is 1. The molecule has 0 unspecified atom stereocenters. The highest BCUT2D eigenvalue weighted by Crippen LogP contribution is 2.19. The number of ether oxygens (including phenoxy) is 1. The van der Waals surface area contributed by atoms with E-state index < -0.39 is 0 Å². The number of benzene rings is 2. The molecule has 30 heavy (non-hydrogen) atoms. The average Bonchev–Trinajstić information content (AvgIpc) is 3.22. The van der Waals surface area contributed by atoms with Crippen LogP contribution in [0.2, 0.25) is 0 Å². The second kappa shape index (κ2) is 12.2. The SMILES string of the molecule is CCNC(=NCc1ccc(OC)cc1)NCCc1coc(-c2ccc(F)cc2)n1.I. The lowest BCUT2D eigenvalue weighted by Crippen LogP contribution is -2.38. The molecule has 1 heterocycles. The Morgan fingerprint density at radius 1 is 1.10 bits per heavy atom. The Hall–Kier alpha value is -2.62. The molecule has 8 heteroatoms. The van der Waals surface area contributed by atoms with E-state index in [-0.39, 0.29) is 29.8 Å². The van der Waals surface area contributed by atoms with Gasteiger partial charge in [-0.2, -0.15) is 0 Å². The minimum absolute atomic E-state index is 0. The standard InChI is InChI=1S/C22H25FN4O2.HI/c1-3-24-22(26-14-16-4-10-20(28-2)11-5-16)25-13-12-19-15-29-21(27-19)17-6-8-18(23)9-7-17;/h4-11,15H,3,12-14H2,1-2H3,(H2,24,25,26);1H. The number of guanidine groups is 1. The molecule has 3 rings (SSSR count). The summed E-state index contributed by atoms with van der Waals surface area (Å²) in [5, 5.41) is 6.53. The number of rotatable bonds is 8. The van der Waals surface area contributed by atoms with Crippen LogP contribution in [0.4, 0.5) is 4.39 Å².